The Morgan fingerprint density at radius 2 is 1.96 bits per heavy atom. The molecule has 2 heterocycles. The van der Waals surface area contributed by atoms with Crippen molar-refractivity contribution in [1.82, 2.24) is 14.5 Å². The van der Waals surface area contributed by atoms with E-state index in [4.69, 9.17) is 10.5 Å². The van der Waals surface area contributed by atoms with Crippen molar-refractivity contribution >= 4 is 28.4 Å². The number of aromatic hydroxyl groups is 1. The van der Waals surface area contributed by atoms with Crippen LogP contribution in [0.5, 0.6) is 11.5 Å². The van der Waals surface area contributed by atoms with Gasteiger partial charge in [-0.15, -0.1) is 0 Å². The van der Waals surface area contributed by atoms with Gasteiger partial charge in [0.05, 0.1) is 18.1 Å². The van der Waals surface area contributed by atoms with Crippen molar-refractivity contribution in [1.29, 1.82) is 0 Å². The fourth-order valence-corrected chi connectivity index (χ4v) is 2.42. The SMILES string of the molecule is COc1c(O)ccc2c(=O)n(C)c(NC(=O)c3cnc(N)nc3)cc12. The molecule has 0 bridgehead atoms. The first kappa shape index (κ1) is 16.2. The van der Waals surface area contributed by atoms with Crippen molar-refractivity contribution in [2.75, 3.05) is 18.2 Å². The van der Waals surface area contributed by atoms with Gasteiger partial charge in [0.1, 0.15) is 5.82 Å². The molecule has 0 aliphatic carbocycles. The lowest BCUT2D eigenvalue weighted by molar-refractivity contribution is 0.102. The van der Waals surface area contributed by atoms with E-state index in [1.165, 1.54) is 43.3 Å². The maximum absolute atomic E-state index is 12.5. The maximum Gasteiger partial charge on any atom is 0.259 e. The molecule has 2 aromatic heterocycles. The normalized spacial score (nSPS) is 10.6. The highest BCUT2D eigenvalue weighted by Gasteiger charge is 2.15. The van der Waals surface area contributed by atoms with Gasteiger partial charge in [-0.25, -0.2) is 9.97 Å². The lowest BCUT2D eigenvalue weighted by atomic mass is 10.1. The number of benzene rings is 1. The van der Waals surface area contributed by atoms with Gasteiger partial charge in [0.2, 0.25) is 5.95 Å². The zero-order valence-corrected chi connectivity index (χ0v) is 13.5. The van der Waals surface area contributed by atoms with Crippen molar-refractivity contribution in [3.05, 3.63) is 46.5 Å². The molecule has 1 aromatic carbocycles. The number of carbonyl (C=O) groups excluding carboxylic acids is 1. The molecule has 0 radical (unpaired) electrons. The van der Waals surface area contributed by atoms with Crippen molar-refractivity contribution in [3.63, 3.8) is 0 Å². The highest BCUT2D eigenvalue weighted by molar-refractivity contribution is 6.04. The molecule has 0 atom stereocenters. The molecule has 0 saturated carbocycles. The number of amides is 1. The van der Waals surface area contributed by atoms with E-state index in [9.17, 15) is 14.7 Å². The van der Waals surface area contributed by atoms with Crippen LogP contribution in [0.1, 0.15) is 10.4 Å². The standard InChI is InChI=1S/C16H15N5O4/c1-21-12(20-14(23)8-6-18-16(17)19-7-8)5-10-9(15(21)24)3-4-11(22)13(10)25-2/h3-7,22H,1-2H3,(H,20,23)(H2,17,18,19). The number of anilines is 2. The Kier molecular flexibility index (Phi) is 3.97. The van der Waals surface area contributed by atoms with Gasteiger partial charge >= 0.3 is 0 Å². The molecule has 3 rings (SSSR count). The topological polar surface area (TPSA) is 132 Å². The smallest absolute Gasteiger partial charge is 0.259 e. The number of carbonyl (C=O) groups is 1. The molecule has 0 fully saturated rings. The molecule has 4 N–H and O–H groups in total. The van der Waals surface area contributed by atoms with Crippen LogP contribution in [-0.2, 0) is 7.05 Å². The number of phenols is 1. The maximum atomic E-state index is 12.5. The third-order valence-electron chi connectivity index (χ3n) is 3.73. The summed E-state index contributed by atoms with van der Waals surface area (Å²) in [6, 6.07) is 4.42. The summed E-state index contributed by atoms with van der Waals surface area (Å²) in [5.74, 6) is -0.180. The van der Waals surface area contributed by atoms with E-state index in [0.717, 1.165) is 0 Å². The molecule has 9 heteroatoms. The molecule has 9 nitrogen and oxygen atoms in total. The van der Waals surface area contributed by atoms with E-state index >= 15 is 0 Å². The van der Waals surface area contributed by atoms with Gasteiger partial charge in [-0.1, -0.05) is 0 Å². The molecule has 0 spiro atoms. The highest BCUT2D eigenvalue weighted by atomic mass is 16.5. The average molecular weight is 341 g/mol. The minimum absolute atomic E-state index is 0.0508. The monoisotopic (exact) mass is 341 g/mol. The molecule has 0 unspecified atom stereocenters. The number of fused-ring (bicyclic) bond motifs is 1. The molecule has 0 aliphatic rings. The molecular formula is C16H15N5O4. The first-order valence-electron chi connectivity index (χ1n) is 7.21. The Bertz CT molecular complexity index is 1030. The van der Waals surface area contributed by atoms with E-state index in [1.54, 1.807) is 6.07 Å². The van der Waals surface area contributed by atoms with Crippen LogP contribution in [0.25, 0.3) is 10.8 Å². The number of nitrogens with two attached hydrogens (primary N) is 1. The number of nitrogens with zero attached hydrogens (tertiary/aromatic N) is 3. The summed E-state index contributed by atoms with van der Waals surface area (Å²) < 4.78 is 6.45. The molecule has 3 aromatic rings. The zero-order valence-electron chi connectivity index (χ0n) is 13.5. The van der Waals surface area contributed by atoms with Gasteiger partial charge in [-0.05, 0) is 18.2 Å². The number of nitrogens with one attached hydrogen (secondary N) is 1. The van der Waals surface area contributed by atoms with Crippen LogP contribution >= 0.6 is 0 Å². The number of hydrogen-bond donors (Lipinski definition) is 3. The quantitative estimate of drug-likeness (QED) is 0.644. The number of phenolic OH excluding ortho intramolecular Hbond substituents is 1. The Morgan fingerprint density at radius 3 is 2.60 bits per heavy atom. The number of hydrogen-bond acceptors (Lipinski definition) is 7. The zero-order chi connectivity index (χ0) is 18.1. The van der Waals surface area contributed by atoms with Crippen LogP contribution in [0.3, 0.4) is 0 Å². The first-order chi connectivity index (χ1) is 11.9. The average Bonchev–Trinajstić information content (AvgIpc) is 2.60. The summed E-state index contributed by atoms with van der Waals surface area (Å²) in [6.45, 7) is 0. The predicted octanol–water partition coefficient (Wildman–Crippen LogP) is 0.877. The van der Waals surface area contributed by atoms with Crippen molar-refractivity contribution in [2.24, 2.45) is 7.05 Å². The second kappa shape index (κ2) is 6.11. The predicted molar refractivity (Wildman–Crippen MR) is 91.8 cm³/mol. The van der Waals surface area contributed by atoms with Crippen LogP contribution in [-0.4, -0.2) is 32.7 Å². The van der Waals surface area contributed by atoms with Gasteiger partial charge in [-0.2, -0.15) is 0 Å². The summed E-state index contributed by atoms with van der Waals surface area (Å²) in [7, 11) is 2.91. The molecule has 128 valence electrons. The van der Waals surface area contributed by atoms with Gasteiger partial charge in [0, 0.05) is 24.8 Å². The Morgan fingerprint density at radius 1 is 1.28 bits per heavy atom. The van der Waals surface area contributed by atoms with Crippen LogP contribution in [0.4, 0.5) is 11.8 Å². The number of aromatic nitrogens is 3. The van der Waals surface area contributed by atoms with Gasteiger partial charge in [0.15, 0.2) is 11.5 Å². The largest absolute Gasteiger partial charge is 0.504 e. The Hall–Kier alpha value is -3.62. The molecule has 1 amide bonds. The van der Waals surface area contributed by atoms with Crippen molar-refractivity contribution in [3.8, 4) is 11.5 Å². The van der Waals surface area contributed by atoms with Crippen LogP contribution in [0.2, 0.25) is 0 Å². The Balaban J connectivity index is 2.10. The molecule has 0 aliphatic heterocycles. The van der Waals surface area contributed by atoms with Crippen LogP contribution in [0, 0.1) is 0 Å². The minimum Gasteiger partial charge on any atom is -0.504 e. The summed E-state index contributed by atoms with van der Waals surface area (Å²) in [4.78, 5) is 32.4. The number of pyridine rings is 1. The van der Waals surface area contributed by atoms with E-state index in [-0.39, 0.29) is 34.4 Å². The highest BCUT2D eigenvalue weighted by Crippen LogP contribution is 2.34. The fraction of sp³-hybridized carbons (Fsp3) is 0.125. The number of ether oxygens (including phenoxy) is 1. The Labute approximate surface area is 141 Å². The molecular weight excluding hydrogens is 326 g/mol. The van der Waals surface area contributed by atoms with Crippen molar-refractivity contribution in [2.45, 2.75) is 0 Å². The van der Waals surface area contributed by atoms with Gasteiger partial charge < -0.3 is 20.9 Å². The number of rotatable bonds is 3. The second-order valence-electron chi connectivity index (χ2n) is 5.26. The molecule has 25 heavy (non-hydrogen) atoms. The lowest BCUT2D eigenvalue weighted by Crippen LogP contribution is -2.23. The van der Waals surface area contributed by atoms with E-state index in [2.05, 4.69) is 15.3 Å². The van der Waals surface area contributed by atoms with Gasteiger partial charge in [-0.3, -0.25) is 14.2 Å². The van der Waals surface area contributed by atoms with Crippen molar-refractivity contribution < 1.29 is 14.6 Å². The minimum atomic E-state index is -0.506. The summed E-state index contributed by atoms with van der Waals surface area (Å²) in [6.07, 6.45) is 2.56. The third-order valence-corrected chi connectivity index (χ3v) is 3.73. The second-order valence-corrected chi connectivity index (χ2v) is 5.26. The summed E-state index contributed by atoms with van der Waals surface area (Å²) >= 11 is 0. The van der Waals surface area contributed by atoms with Gasteiger partial charge in [0.25, 0.3) is 11.5 Å². The lowest BCUT2D eigenvalue weighted by Gasteiger charge is -2.14. The first-order valence-corrected chi connectivity index (χ1v) is 7.21. The van der Waals surface area contributed by atoms with E-state index in [0.29, 0.717) is 10.8 Å². The number of methoxy groups -OCH3 is 1. The van der Waals surface area contributed by atoms with E-state index < -0.39 is 5.91 Å². The summed E-state index contributed by atoms with van der Waals surface area (Å²) in [5, 5.41) is 13.2. The molecule has 0 saturated heterocycles. The number of nitrogen functional groups attached to an aromatic ring is 1. The fourth-order valence-electron chi connectivity index (χ4n) is 2.42. The van der Waals surface area contributed by atoms with Crippen LogP contribution in [0.15, 0.2) is 35.4 Å². The van der Waals surface area contributed by atoms with E-state index in [1.807, 2.05) is 0 Å². The summed E-state index contributed by atoms with van der Waals surface area (Å²) in [5.41, 5.74) is 5.23. The third kappa shape index (κ3) is 2.82. The van der Waals surface area contributed by atoms with Crippen LogP contribution < -0.4 is 21.3 Å².